The van der Waals surface area contributed by atoms with E-state index in [-0.39, 0.29) is 6.42 Å². The highest BCUT2D eigenvalue weighted by atomic mass is 16.4. The van der Waals surface area contributed by atoms with Gasteiger partial charge in [-0.05, 0) is 70.6 Å². The minimum Gasteiger partial charge on any atom is -0.550 e. The van der Waals surface area contributed by atoms with Crippen LogP contribution in [-0.2, 0) is 4.79 Å². The number of aliphatic carboxylic acids is 1. The smallest absolute Gasteiger partial charge is 0.0755 e. The molecule has 1 rings (SSSR count). The third-order valence-corrected chi connectivity index (χ3v) is 4.53. The quantitative estimate of drug-likeness (QED) is 0.348. The van der Waals surface area contributed by atoms with Crippen LogP contribution in [0.5, 0.6) is 0 Å². The molecular weight excluding hydrogens is 346 g/mol. The number of piperidine rings is 1. The van der Waals surface area contributed by atoms with Crippen LogP contribution in [0.1, 0.15) is 90.4 Å². The van der Waals surface area contributed by atoms with E-state index in [0.29, 0.717) is 6.42 Å². The van der Waals surface area contributed by atoms with E-state index in [1.807, 2.05) is 6.08 Å². The molecule has 0 aliphatic carbocycles. The molecule has 1 fully saturated rings. The van der Waals surface area contributed by atoms with E-state index in [9.17, 15) is 9.90 Å². The molecule has 0 amide bonds. The minimum absolute atomic E-state index is 0.151. The van der Waals surface area contributed by atoms with Crippen LogP contribution in [0.2, 0.25) is 0 Å². The van der Waals surface area contributed by atoms with E-state index in [4.69, 9.17) is 0 Å². The topological polar surface area (TPSA) is 56.7 Å². The fraction of sp³-hybridized carbons (Fsp3) is 0.640. The van der Waals surface area contributed by atoms with Crippen molar-refractivity contribution < 1.29 is 15.2 Å². The predicted molar refractivity (Wildman–Crippen MR) is 119 cm³/mol. The second-order valence-corrected chi connectivity index (χ2v) is 7.28. The lowest BCUT2D eigenvalue weighted by Crippen LogP contribution is -2.85. The summed E-state index contributed by atoms with van der Waals surface area (Å²) in [5.74, 6) is -0.962. The third kappa shape index (κ3) is 24.4. The number of allylic oxidation sites excluding steroid dienone is 8. The molecule has 0 unspecified atom stereocenters. The maximum absolute atomic E-state index is 10.2. The molecule has 28 heavy (non-hydrogen) atoms. The average Bonchev–Trinajstić information content (AvgIpc) is 2.72. The van der Waals surface area contributed by atoms with Crippen molar-refractivity contribution in [3.63, 3.8) is 0 Å². The molecule has 1 aliphatic rings. The van der Waals surface area contributed by atoms with Crippen molar-refractivity contribution in [3.05, 3.63) is 48.6 Å². The molecule has 0 aromatic heterocycles. The predicted octanol–water partition coefficient (Wildman–Crippen LogP) is 4.62. The Morgan fingerprint density at radius 2 is 1.25 bits per heavy atom. The largest absolute Gasteiger partial charge is 0.550 e. The van der Waals surface area contributed by atoms with Crippen molar-refractivity contribution in [2.45, 2.75) is 90.4 Å². The lowest BCUT2D eigenvalue weighted by molar-refractivity contribution is -0.662. The molecule has 1 saturated heterocycles. The zero-order valence-corrected chi connectivity index (χ0v) is 18.1. The van der Waals surface area contributed by atoms with Crippen molar-refractivity contribution in [2.24, 2.45) is 0 Å². The van der Waals surface area contributed by atoms with Crippen LogP contribution in [-0.4, -0.2) is 19.1 Å². The summed E-state index contributed by atoms with van der Waals surface area (Å²) in [6, 6.07) is 0. The monoisotopic (exact) mass is 389 g/mol. The number of rotatable bonds is 14. The number of carboxylic acids is 1. The third-order valence-electron chi connectivity index (χ3n) is 4.53. The standard InChI is InChI=1S/C20H32O2.C5H11N/c1-2-3-4-5-6-7-8-9-10-11-12-13-14-15-16-17-18-19-20(21)22;1-2-4-6-5-3-1/h6-7,9-10,12-13,15-16H,2-5,8,11,14,17-19H2,1H3,(H,21,22);6H,1-5H2/b7-6-,10-9-,13-12-,16-15-;. The fourth-order valence-electron chi connectivity index (χ4n) is 2.82. The first kappa shape index (κ1) is 26.4. The molecule has 0 spiro atoms. The van der Waals surface area contributed by atoms with Gasteiger partial charge in [-0.15, -0.1) is 0 Å². The van der Waals surface area contributed by atoms with E-state index in [2.05, 4.69) is 54.8 Å². The molecule has 2 N–H and O–H groups in total. The normalized spacial score (nSPS) is 14.9. The maximum atomic E-state index is 10.2. The Balaban J connectivity index is 0.00000102. The highest BCUT2D eigenvalue weighted by Crippen LogP contribution is 2.01. The molecule has 3 heteroatoms. The lowest BCUT2D eigenvalue weighted by Gasteiger charge is -2.05. The van der Waals surface area contributed by atoms with Crippen LogP contribution in [0.3, 0.4) is 0 Å². The van der Waals surface area contributed by atoms with Crippen LogP contribution in [0.15, 0.2) is 48.6 Å². The van der Waals surface area contributed by atoms with Gasteiger partial charge in [-0.2, -0.15) is 0 Å². The Kier molecular flexibility index (Phi) is 22.1. The SMILES string of the molecule is C1CC[NH2+]CC1.CCCCC/C=C\C/C=C\C/C=C\C/C=C\CCCC(=O)[O-]. The Bertz CT molecular complexity index is 434. The number of quaternary nitrogens is 1. The van der Waals surface area contributed by atoms with Crippen LogP contribution in [0.25, 0.3) is 0 Å². The number of hydrogen-bond acceptors (Lipinski definition) is 2. The Morgan fingerprint density at radius 1 is 0.750 bits per heavy atom. The number of carbonyl (C=O) groups excluding carboxylic acids is 1. The summed E-state index contributed by atoms with van der Waals surface area (Å²) in [4.78, 5) is 10.2. The molecule has 1 heterocycles. The van der Waals surface area contributed by atoms with Crippen molar-refractivity contribution in [1.82, 2.24) is 0 Å². The van der Waals surface area contributed by atoms with E-state index in [0.717, 1.165) is 25.7 Å². The van der Waals surface area contributed by atoms with Crippen LogP contribution in [0.4, 0.5) is 0 Å². The van der Waals surface area contributed by atoms with E-state index < -0.39 is 5.97 Å². The minimum atomic E-state index is -0.962. The van der Waals surface area contributed by atoms with Gasteiger partial charge >= 0.3 is 0 Å². The van der Waals surface area contributed by atoms with Crippen molar-refractivity contribution in [1.29, 1.82) is 0 Å². The molecule has 0 radical (unpaired) electrons. The van der Waals surface area contributed by atoms with Gasteiger partial charge in [0.2, 0.25) is 0 Å². The van der Waals surface area contributed by atoms with Gasteiger partial charge in [0.25, 0.3) is 0 Å². The zero-order chi connectivity index (χ0) is 20.5. The van der Waals surface area contributed by atoms with Crippen LogP contribution >= 0.6 is 0 Å². The summed E-state index contributed by atoms with van der Waals surface area (Å²) in [6.45, 7) is 4.98. The van der Waals surface area contributed by atoms with Crippen LogP contribution < -0.4 is 10.4 Å². The summed E-state index contributed by atoms with van der Waals surface area (Å²) in [5.41, 5.74) is 0. The molecule has 3 nitrogen and oxygen atoms in total. The van der Waals surface area contributed by atoms with E-state index in [1.165, 1.54) is 58.0 Å². The van der Waals surface area contributed by atoms with Gasteiger partial charge in [-0.25, -0.2) is 0 Å². The number of carbonyl (C=O) groups is 1. The van der Waals surface area contributed by atoms with E-state index >= 15 is 0 Å². The first-order valence-corrected chi connectivity index (χ1v) is 11.4. The summed E-state index contributed by atoms with van der Waals surface area (Å²) in [5, 5.41) is 12.6. The molecular formula is C25H43NO2. The van der Waals surface area contributed by atoms with Gasteiger partial charge in [-0.3, -0.25) is 0 Å². The lowest BCUT2D eigenvalue weighted by atomic mass is 10.2. The summed E-state index contributed by atoms with van der Waals surface area (Å²) in [7, 11) is 0. The summed E-state index contributed by atoms with van der Waals surface area (Å²) >= 11 is 0. The molecule has 0 atom stereocenters. The van der Waals surface area contributed by atoms with E-state index in [1.54, 1.807) is 0 Å². The molecule has 0 bridgehead atoms. The molecule has 160 valence electrons. The molecule has 1 aliphatic heterocycles. The van der Waals surface area contributed by atoms with Gasteiger partial charge < -0.3 is 15.2 Å². The maximum Gasteiger partial charge on any atom is 0.0755 e. The first-order chi connectivity index (χ1) is 13.8. The van der Waals surface area contributed by atoms with Gasteiger partial charge in [0.1, 0.15) is 0 Å². The van der Waals surface area contributed by atoms with Crippen molar-refractivity contribution in [2.75, 3.05) is 13.1 Å². The van der Waals surface area contributed by atoms with Crippen LogP contribution in [0, 0.1) is 0 Å². The van der Waals surface area contributed by atoms with Crippen molar-refractivity contribution >= 4 is 5.97 Å². The Labute approximate surface area is 173 Å². The molecule has 0 aromatic carbocycles. The number of unbranched alkanes of at least 4 members (excludes halogenated alkanes) is 4. The van der Waals surface area contributed by atoms with Gasteiger partial charge in [-0.1, -0.05) is 68.4 Å². The number of hydrogen-bond donors (Lipinski definition) is 1. The van der Waals surface area contributed by atoms with Crippen molar-refractivity contribution in [3.8, 4) is 0 Å². The highest BCUT2D eigenvalue weighted by molar-refractivity contribution is 5.64. The summed E-state index contributed by atoms with van der Waals surface area (Å²) in [6.07, 6.45) is 31.4. The van der Waals surface area contributed by atoms with Gasteiger partial charge in [0.15, 0.2) is 0 Å². The molecule has 0 aromatic rings. The van der Waals surface area contributed by atoms with Gasteiger partial charge in [0.05, 0.1) is 13.1 Å². The highest BCUT2D eigenvalue weighted by Gasteiger charge is 1.97. The number of carboxylic acid groups (broad SMARTS) is 1. The Hall–Kier alpha value is -1.61. The van der Waals surface area contributed by atoms with Gasteiger partial charge in [0, 0.05) is 5.97 Å². The fourth-order valence-corrected chi connectivity index (χ4v) is 2.82. The molecule has 0 saturated carbocycles. The second-order valence-electron chi connectivity index (χ2n) is 7.28. The summed E-state index contributed by atoms with van der Waals surface area (Å²) < 4.78 is 0. The Morgan fingerprint density at radius 3 is 1.64 bits per heavy atom. The second kappa shape index (κ2) is 23.4. The first-order valence-electron chi connectivity index (χ1n) is 11.4. The average molecular weight is 390 g/mol. The number of nitrogens with two attached hydrogens (primary N) is 1. The zero-order valence-electron chi connectivity index (χ0n) is 18.1.